The minimum Gasteiger partial charge on any atom is -0.480 e. The molecular formula is C15H17N3O3S. The number of hydrogen-bond donors (Lipinski definition) is 3. The molecule has 1 amide bonds. The second kappa shape index (κ2) is 6.31. The highest BCUT2D eigenvalue weighted by molar-refractivity contribution is 7.10. The number of aromatic amines is 1. The molecule has 0 aliphatic heterocycles. The van der Waals surface area contributed by atoms with Gasteiger partial charge in [0, 0.05) is 28.6 Å². The Morgan fingerprint density at radius 2 is 2.23 bits per heavy atom. The van der Waals surface area contributed by atoms with E-state index in [1.165, 1.54) is 11.2 Å². The van der Waals surface area contributed by atoms with Crippen molar-refractivity contribution in [3.8, 4) is 0 Å². The summed E-state index contributed by atoms with van der Waals surface area (Å²) >= 11 is 1.60. The van der Waals surface area contributed by atoms with E-state index >= 15 is 0 Å². The van der Waals surface area contributed by atoms with Crippen molar-refractivity contribution in [2.24, 2.45) is 0 Å². The number of rotatable bonds is 5. The lowest BCUT2D eigenvalue weighted by atomic mass is 9.95. The number of thiophene rings is 1. The van der Waals surface area contributed by atoms with Crippen LogP contribution in [0.3, 0.4) is 0 Å². The fraction of sp³-hybridized carbons (Fsp3) is 0.400. The van der Waals surface area contributed by atoms with Gasteiger partial charge in [0.25, 0.3) is 5.91 Å². The summed E-state index contributed by atoms with van der Waals surface area (Å²) in [5.74, 6) is -1.35. The van der Waals surface area contributed by atoms with Crippen molar-refractivity contribution in [3.63, 3.8) is 0 Å². The zero-order valence-electron chi connectivity index (χ0n) is 12.0. The van der Waals surface area contributed by atoms with Crippen LogP contribution in [0.1, 0.15) is 39.3 Å². The Morgan fingerprint density at radius 1 is 1.41 bits per heavy atom. The van der Waals surface area contributed by atoms with E-state index in [1.54, 1.807) is 17.5 Å². The van der Waals surface area contributed by atoms with Crippen molar-refractivity contribution in [3.05, 3.63) is 39.6 Å². The van der Waals surface area contributed by atoms with Crippen molar-refractivity contribution in [2.45, 2.75) is 38.1 Å². The number of aliphatic carboxylic acids is 1. The molecule has 2 heterocycles. The molecule has 0 saturated carbocycles. The molecule has 1 atom stereocenters. The summed E-state index contributed by atoms with van der Waals surface area (Å²) in [7, 11) is 0. The molecular weight excluding hydrogens is 302 g/mol. The van der Waals surface area contributed by atoms with Gasteiger partial charge >= 0.3 is 5.97 Å². The van der Waals surface area contributed by atoms with Gasteiger partial charge < -0.3 is 15.4 Å². The van der Waals surface area contributed by atoms with E-state index in [0.717, 1.165) is 31.2 Å². The Hall–Kier alpha value is -2.15. The number of aryl methyl sites for hydroxylation is 1. The summed E-state index contributed by atoms with van der Waals surface area (Å²) < 4.78 is 0. The number of carboxylic acids is 1. The molecule has 0 spiro atoms. The minimum absolute atomic E-state index is 0.188. The fourth-order valence-corrected chi connectivity index (χ4v) is 3.86. The number of H-pyrrole nitrogens is 1. The van der Waals surface area contributed by atoms with Gasteiger partial charge in [0.1, 0.15) is 6.04 Å². The normalized spacial score (nSPS) is 15.1. The van der Waals surface area contributed by atoms with Crippen molar-refractivity contribution in [1.82, 2.24) is 15.3 Å². The maximum absolute atomic E-state index is 12.4. The van der Waals surface area contributed by atoms with Crippen LogP contribution in [0.5, 0.6) is 0 Å². The Kier molecular flexibility index (Phi) is 4.24. The molecule has 0 bridgehead atoms. The van der Waals surface area contributed by atoms with E-state index in [4.69, 9.17) is 0 Å². The maximum atomic E-state index is 12.4. The molecule has 0 aromatic carbocycles. The van der Waals surface area contributed by atoms with Crippen LogP contribution in [0.25, 0.3) is 0 Å². The average Bonchev–Trinajstić information content (AvgIpc) is 3.15. The van der Waals surface area contributed by atoms with E-state index in [9.17, 15) is 14.7 Å². The first kappa shape index (κ1) is 14.8. The molecule has 2 aromatic heterocycles. The number of fused-ring (bicyclic) bond motifs is 1. The van der Waals surface area contributed by atoms with Crippen molar-refractivity contribution in [1.29, 1.82) is 0 Å². The summed E-state index contributed by atoms with van der Waals surface area (Å²) in [6.07, 6.45) is 7.41. The van der Waals surface area contributed by atoms with Gasteiger partial charge in [-0.3, -0.25) is 4.79 Å². The highest BCUT2D eigenvalue weighted by atomic mass is 32.1. The van der Waals surface area contributed by atoms with Crippen LogP contribution in [0.15, 0.2) is 17.9 Å². The van der Waals surface area contributed by atoms with E-state index in [-0.39, 0.29) is 12.3 Å². The van der Waals surface area contributed by atoms with Gasteiger partial charge in [-0.15, -0.1) is 11.3 Å². The van der Waals surface area contributed by atoms with E-state index in [0.29, 0.717) is 11.3 Å². The number of imidazole rings is 1. The number of nitrogens with one attached hydrogen (secondary N) is 2. The number of carboxylic acid groups (broad SMARTS) is 1. The van der Waals surface area contributed by atoms with E-state index in [2.05, 4.69) is 15.3 Å². The maximum Gasteiger partial charge on any atom is 0.326 e. The molecule has 116 valence electrons. The third kappa shape index (κ3) is 3.04. The molecule has 0 unspecified atom stereocenters. The zero-order valence-corrected chi connectivity index (χ0v) is 12.8. The minimum atomic E-state index is -1.05. The first-order valence-corrected chi connectivity index (χ1v) is 8.13. The number of aromatic nitrogens is 2. The summed E-state index contributed by atoms with van der Waals surface area (Å²) in [5.41, 5.74) is 2.41. The average molecular weight is 319 g/mol. The smallest absolute Gasteiger partial charge is 0.326 e. The molecule has 2 aromatic rings. The third-order valence-electron chi connectivity index (χ3n) is 3.89. The molecule has 7 heteroatoms. The Balaban J connectivity index is 1.74. The molecule has 0 radical (unpaired) electrons. The fourth-order valence-electron chi connectivity index (χ4n) is 2.74. The van der Waals surface area contributed by atoms with Gasteiger partial charge in [0.05, 0.1) is 11.9 Å². The Bertz CT molecular complexity index is 678. The lowest BCUT2D eigenvalue weighted by Crippen LogP contribution is -2.42. The molecule has 3 N–H and O–H groups in total. The van der Waals surface area contributed by atoms with Gasteiger partial charge in [-0.2, -0.15) is 0 Å². The number of carbonyl (C=O) groups is 2. The van der Waals surface area contributed by atoms with Gasteiger partial charge in [-0.25, -0.2) is 9.78 Å². The standard InChI is InChI=1S/C15H17N3O3S/c19-14(11-7-22-13-4-2-1-3-10(11)13)18-12(15(20)21)5-9-6-16-8-17-9/h6-8,12H,1-5H2,(H,16,17)(H,18,19)(H,20,21)/t12-/m0/s1. The van der Waals surface area contributed by atoms with Crippen LogP contribution in [-0.4, -0.2) is 33.0 Å². The molecule has 22 heavy (non-hydrogen) atoms. The molecule has 1 aliphatic rings. The molecule has 6 nitrogen and oxygen atoms in total. The number of amides is 1. The SMILES string of the molecule is O=C(N[C@@H](Cc1cnc[nH]1)C(=O)O)c1csc2c1CCCC2. The summed E-state index contributed by atoms with van der Waals surface area (Å²) in [5, 5.41) is 13.8. The van der Waals surface area contributed by atoms with E-state index in [1.807, 2.05) is 5.38 Å². The zero-order chi connectivity index (χ0) is 15.5. The first-order valence-electron chi connectivity index (χ1n) is 7.25. The highest BCUT2D eigenvalue weighted by Crippen LogP contribution is 2.30. The van der Waals surface area contributed by atoms with Crippen molar-refractivity contribution >= 4 is 23.2 Å². The van der Waals surface area contributed by atoms with Crippen LogP contribution in [0.4, 0.5) is 0 Å². The Labute approximate surface area is 131 Å². The van der Waals surface area contributed by atoms with Gasteiger partial charge in [0.2, 0.25) is 0 Å². The van der Waals surface area contributed by atoms with Gasteiger partial charge in [0.15, 0.2) is 0 Å². The van der Waals surface area contributed by atoms with E-state index < -0.39 is 12.0 Å². The topological polar surface area (TPSA) is 95.1 Å². The predicted octanol–water partition coefficient (Wildman–Crippen LogP) is 1.78. The summed E-state index contributed by atoms with van der Waals surface area (Å²) in [4.78, 5) is 31.8. The van der Waals surface area contributed by atoms with Crippen molar-refractivity contribution in [2.75, 3.05) is 0 Å². The molecule has 0 saturated heterocycles. The van der Waals surface area contributed by atoms with Crippen LogP contribution in [0, 0.1) is 0 Å². The lowest BCUT2D eigenvalue weighted by molar-refractivity contribution is -0.139. The molecule has 0 fully saturated rings. The van der Waals surface area contributed by atoms with Crippen LogP contribution in [0.2, 0.25) is 0 Å². The Morgan fingerprint density at radius 3 is 2.95 bits per heavy atom. The van der Waals surface area contributed by atoms with Crippen molar-refractivity contribution < 1.29 is 14.7 Å². The second-order valence-electron chi connectivity index (χ2n) is 5.40. The predicted molar refractivity (Wildman–Crippen MR) is 82.1 cm³/mol. The lowest BCUT2D eigenvalue weighted by Gasteiger charge is -2.16. The molecule has 1 aliphatic carbocycles. The monoisotopic (exact) mass is 319 g/mol. The van der Waals surface area contributed by atoms with Gasteiger partial charge in [-0.1, -0.05) is 0 Å². The van der Waals surface area contributed by atoms with Crippen LogP contribution < -0.4 is 5.32 Å². The third-order valence-corrected chi connectivity index (χ3v) is 4.98. The van der Waals surface area contributed by atoms with Crippen LogP contribution >= 0.6 is 11.3 Å². The summed E-state index contributed by atoms with van der Waals surface area (Å²) in [6.45, 7) is 0. The van der Waals surface area contributed by atoms with Gasteiger partial charge in [-0.05, 0) is 31.2 Å². The largest absolute Gasteiger partial charge is 0.480 e. The second-order valence-corrected chi connectivity index (χ2v) is 6.37. The van der Waals surface area contributed by atoms with Crippen LogP contribution in [-0.2, 0) is 24.1 Å². The highest BCUT2D eigenvalue weighted by Gasteiger charge is 2.25. The number of hydrogen-bond acceptors (Lipinski definition) is 4. The number of carbonyl (C=O) groups excluding carboxylic acids is 1. The molecule has 3 rings (SSSR count). The quantitative estimate of drug-likeness (QED) is 0.783. The summed E-state index contributed by atoms with van der Waals surface area (Å²) in [6, 6.07) is -0.966. The number of nitrogens with zero attached hydrogens (tertiary/aromatic N) is 1. The first-order chi connectivity index (χ1) is 10.6.